The first-order chi connectivity index (χ1) is 9.52. The highest BCUT2D eigenvalue weighted by Crippen LogP contribution is 2.26. The Morgan fingerprint density at radius 1 is 1.40 bits per heavy atom. The van der Waals surface area contributed by atoms with Gasteiger partial charge in [-0.3, -0.25) is 4.21 Å². The number of hydrogen-bond acceptors (Lipinski definition) is 4. The van der Waals surface area contributed by atoms with Crippen LogP contribution in [-0.4, -0.2) is 46.6 Å². The maximum Gasteiger partial charge on any atom is 0.121 e. The third-order valence-corrected chi connectivity index (χ3v) is 4.58. The zero-order valence-electron chi connectivity index (χ0n) is 11.3. The molecule has 7 heteroatoms. The fourth-order valence-corrected chi connectivity index (χ4v) is 2.37. The van der Waals surface area contributed by atoms with E-state index in [1.807, 2.05) is 6.92 Å². The molecule has 0 saturated heterocycles. The largest absolute Gasteiger partial charge is 0.491 e. The van der Waals surface area contributed by atoms with E-state index in [1.54, 1.807) is 18.2 Å². The third-order valence-electron chi connectivity index (χ3n) is 2.54. The second kappa shape index (κ2) is 9.58. The van der Waals surface area contributed by atoms with Crippen molar-refractivity contribution in [1.29, 1.82) is 0 Å². The van der Waals surface area contributed by atoms with E-state index in [0.717, 1.165) is 0 Å². The van der Waals surface area contributed by atoms with Gasteiger partial charge < -0.3 is 15.2 Å². The second-order valence-electron chi connectivity index (χ2n) is 4.18. The van der Waals surface area contributed by atoms with E-state index in [0.29, 0.717) is 40.4 Å². The zero-order valence-corrected chi connectivity index (χ0v) is 13.6. The Morgan fingerprint density at radius 3 is 2.80 bits per heavy atom. The van der Waals surface area contributed by atoms with Crippen molar-refractivity contribution in [2.24, 2.45) is 0 Å². The molecule has 1 aromatic carbocycles. The van der Waals surface area contributed by atoms with Gasteiger partial charge in [-0.25, -0.2) is 0 Å². The van der Waals surface area contributed by atoms with Crippen LogP contribution in [0.2, 0.25) is 10.0 Å². The highest BCUT2D eigenvalue weighted by molar-refractivity contribution is 7.84. The predicted molar refractivity (Wildman–Crippen MR) is 84.4 cm³/mol. The van der Waals surface area contributed by atoms with Gasteiger partial charge in [-0.15, -0.1) is 0 Å². The average molecular weight is 340 g/mol. The van der Waals surface area contributed by atoms with Gasteiger partial charge in [0, 0.05) is 41.5 Å². The molecular weight excluding hydrogens is 321 g/mol. The molecule has 0 fully saturated rings. The van der Waals surface area contributed by atoms with Crippen LogP contribution >= 0.6 is 23.2 Å². The molecule has 0 bridgehead atoms. The predicted octanol–water partition coefficient (Wildman–Crippen LogP) is 2.09. The molecule has 2 unspecified atom stereocenters. The standard InChI is InChI=1S/C13H19Cl2NO3S/c1-2-20(18)6-5-16-8-10(17)9-19-11-3-4-12(14)13(15)7-11/h3-4,7,10,16-17H,2,5-6,8-9H2,1H3. The minimum absolute atomic E-state index is 0.155. The molecular formula is C13H19Cl2NO3S. The minimum Gasteiger partial charge on any atom is -0.491 e. The lowest BCUT2D eigenvalue weighted by molar-refractivity contribution is 0.107. The van der Waals surface area contributed by atoms with Crippen LogP contribution < -0.4 is 10.1 Å². The summed E-state index contributed by atoms with van der Waals surface area (Å²) in [6, 6.07) is 4.94. The SMILES string of the molecule is CCS(=O)CCNCC(O)COc1ccc(Cl)c(Cl)c1. The molecule has 0 amide bonds. The van der Waals surface area contributed by atoms with Gasteiger partial charge in [0.15, 0.2) is 0 Å². The lowest BCUT2D eigenvalue weighted by Crippen LogP contribution is -2.33. The van der Waals surface area contributed by atoms with Crippen molar-refractivity contribution >= 4 is 34.0 Å². The van der Waals surface area contributed by atoms with Crippen LogP contribution in [0.1, 0.15) is 6.92 Å². The first kappa shape index (κ1) is 17.7. The molecule has 0 heterocycles. The van der Waals surface area contributed by atoms with E-state index in [4.69, 9.17) is 27.9 Å². The first-order valence-corrected chi connectivity index (χ1v) is 8.59. The molecule has 0 spiro atoms. The lowest BCUT2D eigenvalue weighted by atomic mass is 10.3. The number of benzene rings is 1. The fraction of sp³-hybridized carbons (Fsp3) is 0.538. The summed E-state index contributed by atoms with van der Waals surface area (Å²) < 4.78 is 16.6. The van der Waals surface area contributed by atoms with Gasteiger partial charge in [0.2, 0.25) is 0 Å². The second-order valence-corrected chi connectivity index (χ2v) is 6.86. The minimum atomic E-state index is -0.783. The summed E-state index contributed by atoms with van der Waals surface area (Å²) in [7, 11) is -0.783. The maximum atomic E-state index is 11.2. The van der Waals surface area contributed by atoms with E-state index >= 15 is 0 Å². The topological polar surface area (TPSA) is 58.6 Å². The van der Waals surface area contributed by atoms with Gasteiger partial charge in [-0.1, -0.05) is 30.1 Å². The highest BCUT2D eigenvalue weighted by atomic mass is 35.5. The van der Waals surface area contributed by atoms with Gasteiger partial charge in [-0.2, -0.15) is 0 Å². The highest BCUT2D eigenvalue weighted by Gasteiger charge is 2.06. The van der Waals surface area contributed by atoms with Crippen LogP contribution in [0.4, 0.5) is 0 Å². The fourth-order valence-electron chi connectivity index (χ4n) is 1.42. The van der Waals surface area contributed by atoms with E-state index in [2.05, 4.69) is 5.32 Å². The normalized spacial score (nSPS) is 14.0. The molecule has 0 aromatic heterocycles. The molecule has 20 heavy (non-hydrogen) atoms. The Morgan fingerprint density at radius 2 is 2.15 bits per heavy atom. The van der Waals surface area contributed by atoms with E-state index < -0.39 is 16.9 Å². The summed E-state index contributed by atoms with van der Waals surface area (Å²) in [6.07, 6.45) is -0.639. The van der Waals surface area contributed by atoms with Crippen LogP contribution in [0.5, 0.6) is 5.75 Å². The molecule has 1 rings (SSSR count). The molecule has 2 N–H and O–H groups in total. The van der Waals surface area contributed by atoms with E-state index in [1.165, 1.54) is 0 Å². The first-order valence-electron chi connectivity index (χ1n) is 6.34. The number of nitrogens with one attached hydrogen (secondary N) is 1. The Bertz CT molecular complexity index is 446. The molecule has 0 aliphatic rings. The van der Waals surface area contributed by atoms with Gasteiger partial charge in [0.05, 0.1) is 10.0 Å². The van der Waals surface area contributed by atoms with E-state index in [-0.39, 0.29) is 6.61 Å². The van der Waals surface area contributed by atoms with Crippen LogP contribution in [0.25, 0.3) is 0 Å². The molecule has 0 aliphatic carbocycles. The summed E-state index contributed by atoms with van der Waals surface area (Å²) >= 11 is 11.7. The summed E-state index contributed by atoms with van der Waals surface area (Å²) in [4.78, 5) is 0. The third kappa shape index (κ3) is 6.90. The van der Waals surface area contributed by atoms with Crippen molar-refractivity contribution < 1.29 is 14.1 Å². The number of halogens is 2. The van der Waals surface area contributed by atoms with E-state index in [9.17, 15) is 9.32 Å². The number of hydrogen-bond donors (Lipinski definition) is 2. The van der Waals surface area contributed by atoms with Crippen LogP contribution in [0, 0.1) is 0 Å². The quantitative estimate of drug-likeness (QED) is 0.676. The van der Waals surface area contributed by atoms with Crippen molar-refractivity contribution in [3.8, 4) is 5.75 Å². The Kier molecular flexibility index (Phi) is 8.49. The number of ether oxygens (including phenoxy) is 1. The Balaban J connectivity index is 2.20. The van der Waals surface area contributed by atoms with Gasteiger partial charge in [0.25, 0.3) is 0 Å². The molecule has 0 aliphatic heterocycles. The van der Waals surface area contributed by atoms with Crippen molar-refractivity contribution in [3.63, 3.8) is 0 Å². The summed E-state index contributed by atoms with van der Waals surface area (Å²) in [5.41, 5.74) is 0. The summed E-state index contributed by atoms with van der Waals surface area (Å²) in [5.74, 6) is 1.81. The van der Waals surface area contributed by atoms with Crippen molar-refractivity contribution in [3.05, 3.63) is 28.2 Å². The summed E-state index contributed by atoms with van der Waals surface area (Å²) in [6.45, 7) is 3.05. The van der Waals surface area contributed by atoms with Gasteiger partial charge in [0.1, 0.15) is 18.5 Å². The number of rotatable bonds is 9. The van der Waals surface area contributed by atoms with Crippen LogP contribution in [-0.2, 0) is 10.8 Å². The Labute approximate surface area is 131 Å². The molecule has 1 aromatic rings. The van der Waals surface area contributed by atoms with Crippen molar-refractivity contribution in [2.75, 3.05) is 31.2 Å². The van der Waals surface area contributed by atoms with Crippen molar-refractivity contribution in [1.82, 2.24) is 5.32 Å². The van der Waals surface area contributed by atoms with Gasteiger partial charge >= 0.3 is 0 Å². The molecule has 2 atom stereocenters. The van der Waals surface area contributed by atoms with Crippen LogP contribution in [0.3, 0.4) is 0 Å². The monoisotopic (exact) mass is 339 g/mol. The Hall–Kier alpha value is -0.330. The van der Waals surface area contributed by atoms with Crippen molar-refractivity contribution in [2.45, 2.75) is 13.0 Å². The smallest absolute Gasteiger partial charge is 0.121 e. The average Bonchev–Trinajstić information content (AvgIpc) is 2.44. The number of aliphatic hydroxyl groups excluding tert-OH is 1. The maximum absolute atomic E-state index is 11.2. The lowest BCUT2D eigenvalue weighted by Gasteiger charge is -2.13. The number of aliphatic hydroxyl groups is 1. The summed E-state index contributed by atoms with van der Waals surface area (Å²) in [5, 5.41) is 13.7. The molecule has 0 saturated carbocycles. The molecule has 4 nitrogen and oxygen atoms in total. The van der Waals surface area contributed by atoms with Crippen LogP contribution in [0.15, 0.2) is 18.2 Å². The van der Waals surface area contributed by atoms with Gasteiger partial charge in [-0.05, 0) is 12.1 Å². The molecule has 114 valence electrons. The molecule has 0 radical (unpaired) electrons. The zero-order chi connectivity index (χ0) is 15.0.